The van der Waals surface area contributed by atoms with Crippen molar-refractivity contribution in [3.05, 3.63) is 48.7 Å². The Labute approximate surface area is 147 Å². The molecule has 0 amide bonds. The van der Waals surface area contributed by atoms with Gasteiger partial charge >= 0.3 is 6.18 Å². The van der Waals surface area contributed by atoms with Gasteiger partial charge in [-0.15, -0.1) is 0 Å². The van der Waals surface area contributed by atoms with Crippen LogP contribution in [0, 0.1) is 0 Å². The van der Waals surface area contributed by atoms with Crippen LogP contribution in [-0.4, -0.2) is 46.1 Å². The van der Waals surface area contributed by atoms with Crippen LogP contribution in [0.2, 0.25) is 0 Å². The molecule has 0 unspecified atom stereocenters. The van der Waals surface area contributed by atoms with Crippen molar-refractivity contribution in [1.29, 1.82) is 0 Å². The van der Waals surface area contributed by atoms with Crippen molar-refractivity contribution in [1.82, 2.24) is 19.9 Å². The molecule has 26 heavy (non-hydrogen) atoms. The lowest BCUT2D eigenvalue weighted by atomic mass is 10.2. The molecule has 0 aliphatic carbocycles. The Morgan fingerprint density at radius 2 is 1.69 bits per heavy atom. The first-order chi connectivity index (χ1) is 12.5. The topological polar surface area (TPSA) is 58.0 Å². The molecule has 0 spiro atoms. The van der Waals surface area contributed by atoms with Crippen LogP contribution in [0.4, 0.5) is 24.8 Å². The zero-order valence-corrected chi connectivity index (χ0v) is 13.7. The Kier molecular flexibility index (Phi) is 4.06. The molecule has 3 aromatic rings. The molecule has 0 saturated carbocycles. The van der Waals surface area contributed by atoms with E-state index in [2.05, 4.69) is 24.8 Å². The average Bonchev–Trinajstić information content (AvgIpc) is 2.67. The predicted octanol–water partition coefficient (Wildman–Crippen LogP) is 2.77. The Morgan fingerprint density at radius 1 is 0.923 bits per heavy atom. The van der Waals surface area contributed by atoms with Crippen molar-refractivity contribution in [2.24, 2.45) is 0 Å². The van der Waals surface area contributed by atoms with Gasteiger partial charge in [-0.05, 0) is 24.3 Å². The number of benzene rings is 1. The molecule has 0 N–H and O–H groups in total. The second kappa shape index (κ2) is 6.40. The van der Waals surface area contributed by atoms with Crippen molar-refractivity contribution >= 4 is 22.5 Å². The summed E-state index contributed by atoms with van der Waals surface area (Å²) in [6, 6.07) is 6.84. The van der Waals surface area contributed by atoms with E-state index in [1.165, 1.54) is 6.33 Å². The summed E-state index contributed by atoms with van der Waals surface area (Å²) in [6.45, 7) is 2.42. The van der Waals surface area contributed by atoms with E-state index in [4.69, 9.17) is 0 Å². The first kappa shape index (κ1) is 16.5. The molecule has 1 fully saturated rings. The van der Waals surface area contributed by atoms with E-state index in [1.807, 2.05) is 18.2 Å². The second-order valence-corrected chi connectivity index (χ2v) is 5.98. The molecular formula is C17H15F3N6. The molecule has 1 saturated heterocycles. The summed E-state index contributed by atoms with van der Waals surface area (Å²) in [5.74, 6) is 0.117. The van der Waals surface area contributed by atoms with Crippen LogP contribution in [0.3, 0.4) is 0 Å². The summed E-state index contributed by atoms with van der Waals surface area (Å²) >= 11 is 0. The van der Waals surface area contributed by atoms with Crippen LogP contribution in [0.5, 0.6) is 0 Å². The monoisotopic (exact) mass is 360 g/mol. The number of hydrogen-bond acceptors (Lipinski definition) is 6. The normalized spacial score (nSPS) is 15.5. The van der Waals surface area contributed by atoms with E-state index in [0.29, 0.717) is 26.2 Å². The third-order valence-electron chi connectivity index (χ3n) is 4.35. The first-order valence-corrected chi connectivity index (χ1v) is 8.11. The first-order valence-electron chi connectivity index (χ1n) is 8.11. The van der Waals surface area contributed by atoms with Gasteiger partial charge in [0.25, 0.3) is 0 Å². The molecule has 1 aliphatic rings. The molecule has 1 aliphatic heterocycles. The van der Waals surface area contributed by atoms with Gasteiger partial charge in [0.15, 0.2) is 0 Å². The average molecular weight is 360 g/mol. The fraction of sp³-hybridized carbons (Fsp3) is 0.294. The molecule has 0 radical (unpaired) electrons. The Balaban J connectivity index is 1.48. The lowest BCUT2D eigenvalue weighted by Crippen LogP contribution is -2.47. The van der Waals surface area contributed by atoms with Crippen LogP contribution in [0.1, 0.15) is 5.69 Å². The number of nitrogens with zero attached hydrogens (tertiary/aromatic N) is 6. The molecule has 3 heterocycles. The van der Waals surface area contributed by atoms with Crippen molar-refractivity contribution in [3.63, 3.8) is 0 Å². The van der Waals surface area contributed by atoms with Crippen LogP contribution < -0.4 is 9.80 Å². The number of fused-ring (bicyclic) bond motifs is 1. The van der Waals surface area contributed by atoms with E-state index >= 15 is 0 Å². The molecule has 0 atom stereocenters. The molecule has 134 valence electrons. The Bertz CT molecular complexity index is 922. The van der Waals surface area contributed by atoms with Crippen LogP contribution in [0.25, 0.3) is 10.9 Å². The van der Waals surface area contributed by atoms with Crippen molar-refractivity contribution in [2.75, 3.05) is 36.0 Å². The highest BCUT2D eigenvalue weighted by Gasteiger charge is 2.33. The number of alkyl halides is 3. The van der Waals surface area contributed by atoms with Crippen LogP contribution >= 0.6 is 0 Å². The predicted molar refractivity (Wildman–Crippen MR) is 91.0 cm³/mol. The summed E-state index contributed by atoms with van der Waals surface area (Å²) < 4.78 is 38.5. The minimum Gasteiger partial charge on any atom is -0.368 e. The van der Waals surface area contributed by atoms with Gasteiger partial charge in [0, 0.05) is 49.6 Å². The number of piperazine rings is 1. The van der Waals surface area contributed by atoms with Crippen molar-refractivity contribution in [2.45, 2.75) is 6.18 Å². The summed E-state index contributed by atoms with van der Waals surface area (Å²) in [6.07, 6.45) is -0.0397. The van der Waals surface area contributed by atoms with Gasteiger partial charge in [0.05, 0.1) is 5.52 Å². The summed E-state index contributed by atoms with van der Waals surface area (Å²) in [4.78, 5) is 19.8. The van der Waals surface area contributed by atoms with Crippen molar-refractivity contribution < 1.29 is 13.2 Å². The third kappa shape index (κ3) is 3.24. The van der Waals surface area contributed by atoms with Crippen LogP contribution in [-0.2, 0) is 6.18 Å². The fourth-order valence-electron chi connectivity index (χ4n) is 2.99. The number of halogens is 3. The maximum Gasteiger partial charge on any atom is 0.433 e. The zero-order chi connectivity index (χ0) is 18.1. The van der Waals surface area contributed by atoms with Gasteiger partial charge in [-0.3, -0.25) is 0 Å². The highest BCUT2D eigenvalue weighted by atomic mass is 19.4. The highest BCUT2D eigenvalue weighted by molar-refractivity contribution is 5.81. The minimum absolute atomic E-state index is 0.117. The van der Waals surface area contributed by atoms with Gasteiger partial charge in [0.1, 0.15) is 12.0 Å². The molecule has 1 aromatic carbocycles. The van der Waals surface area contributed by atoms with E-state index in [0.717, 1.165) is 28.9 Å². The molecule has 6 nitrogen and oxygen atoms in total. The van der Waals surface area contributed by atoms with E-state index in [-0.39, 0.29) is 5.95 Å². The summed E-state index contributed by atoms with van der Waals surface area (Å²) in [7, 11) is 0. The van der Waals surface area contributed by atoms with Crippen LogP contribution in [0.15, 0.2) is 43.0 Å². The molecule has 9 heteroatoms. The minimum atomic E-state index is -4.47. The number of rotatable bonds is 2. The third-order valence-corrected chi connectivity index (χ3v) is 4.35. The van der Waals surface area contributed by atoms with Gasteiger partial charge < -0.3 is 9.80 Å². The summed E-state index contributed by atoms with van der Waals surface area (Å²) in [5.41, 5.74) is 0.996. The van der Waals surface area contributed by atoms with E-state index < -0.39 is 11.9 Å². The maximum atomic E-state index is 12.8. The fourth-order valence-corrected chi connectivity index (χ4v) is 2.99. The number of aromatic nitrogens is 4. The molecule has 4 rings (SSSR count). The number of hydrogen-bond donors (Lipinski definition) is 0. The smallest absolute Gasteiger partial charge is 0.368 e. The maximum absolute atomic E-state index is 12.8. The van der Waals surface area contributed by atoms with Gasteiger partial charge in [-0.25, -0.2) is 19.9 Å². The Hall–Kier alpha value is -2.97. The van der Waals surface area contributed by atoms with E-state index in [9.17, 15) is 13.2 Å². The highest BCUT2D eigenvalue weighted by Crippen LogP contribution is 2.28. The SMILES string of the molecule is FC(F)(F)c1ccnc(N2CCN(c3ccc4ncncc4c3)CC2)n1. The molecule has 2 aromatic heterocycles. The standard InChI is InChI=1S/C17H15F3N6/c18-17(19,20)15-3-4-22-16(24-15)26-7-5-25(6-8-26)13-1-2-14-12(9-13)10-21-11-23-14/h1-4,9-11H,5-8H2. The molecule has 0 bridgehead atoms. The lowest BCUT2D eigenvalue weighted by molar-refractivity contribution is -0.141. The number of anilines is 2. The Morgan fingerprint density at radius 3 is 2.46 bits per heavy atom. The van der Waals surface area contributed by atoms with Crippen molar-refractivity contribution in [3.8, 4) is 0 Å². The quantitative estimate of drug-likeness (QED) is 0.700. The van der Waals surface area contributed by atoms with Gasteiger partial charge in [-0.2, -0.15) is 13.2 Å². The zero-order valence-electron chi connectivity index (χ0n) is 13.7. The van der Waals surface area contributed by atoms with E-state index in [1.54, 1.807) is 11.1 Å². The van der Waals surface area contributed by atoms with Gasteiger partial charge in [-0.1, -0.05) is 0 Å². The molecular weight excluding hydrogens is 345 g/mol. The second-order valence-electron chi connectivity index (χ2n) is 5.98. The largest absolute Gasteiger partial charge is 0.433 e. The lowest BCUT2D eigenvalue weighted by Gasteiger charge is -2.36. The summed E-state index contributed by atoms with van der Waals surface area (Å²) in [5, 5.41) is 0.952. The van der Waals surface area contributed by atoms with Gasteiger partial charge in [0.2, 0.25) is 5.95 Å².